The minimum Gasteiger partial charge on any atom is -0.491 e. The van der Waals surface area contributed by atoms with Crippen LogP contribution in [0.3, 0.4) is 0 Å². The molecule has 0 saturated carbocycles. The van der Waals surface area contributed by atoms with Gasteiger partial charge in [-0.15, -0.1) is 0 Å². The monoisotopic (exact) mass is 241 g/mol. The fraction of sp³-hybridized carbons (Fsp3) is 0.333. The molecule has 1 atom stereocenters. The van der Waals surface area contributed by atoms with Gasteiger partial charge in [-0.05, 0) is 12.1 Å². The lowest BCUT2D eigenvalue weighted by Crippen LogP contribution is -2.32. The number of nitrogens with one attached hydrogen (secondary N) is 1. The summed E-state index contributed by atoms with van der Waals surface area (Å²) in [5.41, 5.74) is 0. The van der Waals surface area contributed by atoms with Crippen LogP contribution in [0.1, 0.15) is 0 Å². The van der Waals surface area contributed by atoms with Crippen LogP contribution in [0.5, 0.6) is 5.75 Å². The topological polar surface area (TPSA) is 41.5 Å². The van der Waals surface area contributed by atoms with E-state index in [0.717, 1.165) is 5.75 Å². The largest absolute Gasteiger partial charge is 0.491 e. The first-order valence-electron chi connectivity index (χ1n) is 5.08. The fourth-order valence-corrected chi connectivity index (χ4v) is 1.24. The van der Waals surface area contributed by atoms with Crippen LogP contribution < -0.4 is 10.1 Å². The van der Waals surface area contributed by atoms with Crippen molar-refractivity contribution < 1.29 is 9.84 Å². The normalized spacial score (nSPS) is 12.1. The average Bonchev–Trinajstić information content (AvgIpc) is 2.27. The van der Waals surface area contributed by atoms with Gasteiger partial charge in [-0.25, -0.2) is 0 Å². The highest BCUT2D eigenvalue weighted by atomic mass is 35.5. The lowest BCUT2D eigenvalue weighted by molar-refractivity contribution is 0.107. The Morgan fingerprint density at radius 1 is 1.44 bits per heavy atom. The molecule has 88 valence electrons. The Hall–Kier alpha value is -1.03. The number of hydrogen-bond donors (Lipinski definition) is 2. The third-order valence-corrected chi connectivity index (χ3v) is 2.02. The van der Waals surface area contributed by atoms with Gasteiger partial charge in [-0.3, -0.25) is 0 Å². The van der Waals surface area contributed by atoms with Crippen LogP contribution in [-0.2, 0) is 0 Å². The molecule has 0 bridgehead atoms. The van der Waals surface area contributed by atoms with Crippen molar-refractivity contribution in [3.63, 3.8) is 0 Å². The van der Waals surface area contributed by atoms with E-state index in [0.29, 0.717) is 18.1 Å². The van der Waals surface area contributed by atoms with E-state index in [1.807, 2.05) is 30.3 Å². The molecule has 0 aliphatic carbocycles. The number of hydrogen-bond acceptors (Lipinski definition) is 3. The molecule has 0 saturated heterocycles. The molecular formula is C12H16ClNO2. The van der Waals surface area contributed by atoms with Crippen molar-refractivity contribution in [3.05, 3.63) is 41.9 Å². The highest BCUT2D eigenvalue weighted by Crippen LogP contribution is 2.08. The van der Waals surface area contributed by atoms with Gasteiger partial charge in [-0.1, -0.05) is 36.4 Å². The van der Waals surface area contributed by atoms with E-state index in [1.165, 1.54) is 0 Å². The molecule has 0 aromatic heterocycles. The lowest BCUT2D eigenvalue weighted by Gasteiger charge is -2.12. The zero-order valence-electron chi connectivity index (χ0n) is 9.03. The summed E-state index contributed by atoms with van der Waals surface area (Å²) in [6.07, 6.45) is -0.559. The molecule has 1 rings (SSSR count). The first kappa shape index (κ1) is 13.0. The van der Waals surface area contributed by atoms with Crippen LogP contribution in [0.25, 0.3) is 0 Å². The van der Waals surface area contributed by atoms with Gasteiger partial charge in [0.1, 0.15) is 18.5 Å². The molecule has 0 aliphatic heterocycles. The standard InChI is InChI=1S/C12H16ClNO2/c1-10(13)7-14-8-11(15)9-16-12-5-3-2-4-6-12/h2-6,11,14-15H,1,7-9H2. The summed E-state index contributed by atoms with van der Waals surface area (Å²) >= 11 is 5.56. The van der Waals surface area contributed by atoms with Gasteiger partial charge >= 0.3 is 0 Å². The van der Waals surface area contributed by atoms with E-state index >= 15 is 0 Å². The van der Waals surface area contributed by atoms with Crippen LogP contribution in [-0.4, -0.2) is 30.9 Å². The van der Waals surface area contributed by atoms with Crippen molar-refractivity contribution in [2.45, 2.75) is 6.10 Å². The minimum atomic E-state index is -0.559. The van der Waals surface area contributed by atoms with E-state index < -0.39 is 6.10 Å². The first-order chi connectivity index (χ1) is 7.68. The summed E-state index contributed by atoms with van der Waals surface area (Å²) in [5.74, 6) is 0.753. The first-order valence-corrected chi connectivity index (χ1v) is 5.46. The second-order valence-corrected chi connectivity index (χ2v) is 3.96. The maximum absolute atomic E-state index is 9.56. The molecular weight excluding hydrogens is 226 g/mol. The zero-order valence-corrected chi connectivity index (χ0v) is 9.78. The molecule has 4 heteroatoms. The summed E-state index contributed by atoms with van der Waals surface area (Å²) in [5, 5.41) is 13.0. The Labute approximate surface area is 101 Å². The van der Waals surface area contributed by atoms with E-state index in [4.69, 9.17) is 16.3 Å². The second-order valence-electron chi connectivity index (χ2n) is 3.43. The molecule has 0 aliphatic rings. The SMILES string of the molecule is C=C(Cl)CNCC(O)COc1ccccc1. The average molecular weight is 242 g/mol. The highest BCUT2D eigenvalue weighted by molar-refractivity contribution is 6.29. The van der Waals surface area contributed by atoms with E-state index in [9.17, 15) is 5.11 Å². The highest BCUT2D eigenvalue weighted by Gasteiger charge is 2.04. The van der Waals surface area contributed by atoms with Crippen molar-refractivity contribution in [3.8, 4) is 5.75 Å². The third kappa shape index (κ3) is 5.75. The number of aliphatic hydroxyl groups is 1. The molecule has 2 N–H and O–H groups in total. The van der Waals surface area contributed by atoms with Crippen LogP contribution in [0, 0.1) is 0 Å². The Morgan fingerprint density at radius 2 is 2.12 bits per heavy atom. The van der Waals surface area contributed by atoms with E-state index in [-0.39, 0.29) is 6.61 Å². The molecule has 16 heavy (non-hydrogen) atoms. The summed E-state index contributed by atoms with van der Waals surface area (Å²) in [7, 11) is 0. The van der Waals surface area contributed by atoms with Crippen molar-refractivity contribution in [2.75, 3.05) is 19.7 Å². The van der Waals surface area contributed by atoms with Crippen molar-refractivity contribution in [1.29, 1.82) is 0 Å². The molecule has 1 aromatic carbocycles. The number of halogens is 1. The van der Waals surface area contributed by atoms with Crippen molar-refractivity contribution in [2.24, 2.45) is 0 Å². The predicted octanol–water partition coefficient (Wildman–Crippen LogP) is 1.77. The van der Waals surface area contributed by atoms with Crippen LogP contribution >= 0.6 is 11.6 Å². The molecule has 0 radical (unpaired) electrons. The number of rotatable bonds is 7. The molecule has 0 spiro atoms. The molecule has 3 nitrogen and oxygen atoms in total. The minimum absolute atomic E-state index is 0.256. The Balaban J connectivity index is 2.15. The Morgan fingerprint density at radius 3 is 2.75 bits per heavy atom. The number of ether oxygens (including phenoxy) is 1. The van der Waals surface area contributed by atoms with Gasteiger partial charge in [0.2, 0.25) is 0 Å². The van der Waals surface area contributed by atoms with E-state index in [2.05, 4.69) is 11.9 Å². The molecule has 1 unspecified atom stereocenters. The number of aliphatic hydroxyl groups excluding tert-OH is 1. The second kappa shape index (κ2) is 7.28. The summed E-state index contributed by atoms with van der Waals surface area (Å²) < 4.78 is 5.38. The quantitative estimate of drug-likeness (QED) is 0.765. The van der Waals surface area contributed by atoms with Crippen molar-refractivity contribution in [1.82, 2.24) is 5.32 Å². The fourth-order valence-electron chi connectivity index (χ4n) is 1.14. The van der Waals surface area contributed by atoms with Gasteiger partial charge in [0.05, 0.1) is 0 Å². The van der Waals surface area contributed by atoms with Crippen LogP contribution in [0.4, 0.5) is 0 Å². The van der Waals surface area contributed by atoms with Gasteiger partial charge in [0, 0.05) is 18.1 Å². The third-order valence-electron chi connectivity index (χ3n) is 1.88. The summed E-state index contributed by atoms with van der Waals surface area (Å²) in [6.45, 7) is 4.71. The number of benzene rings is 1. The van der Waals surface area contributed by atoms with E-state index in [1.54, 1.807) is 0 Å². The van der Waals surface area contributed by atoms with Gasteiger partial charge in [-0.2, -0.15) is 0 Å². The zero-order chi connectivity index (χ0) is 11.8. The van der Waals surface area contributed by atoms with Gasteiger partial charge < -0.3 is 15.2 Å². The molecule has 0 heterocycles. The van der Waals surface area contributed by atoms with Crippen LogP contribution in [0.2, 0.25) is 0 Å². The Kier molecular flexibility index (Phi) is 5.93. The molecule has 0 amide bonds. The van der Waals surface area contributed by atoms with Crippen molar-refractivity contribution >= 4 is 11.6 Å². The van der Waals surface area contributed by atoms with Gasteiger partial charge in [0.15, 0.2) is 0 Å². The maximum atomic E-state index is 9.56. The molecule has 0 fully saturated rings. The maximum Gasteiger partial charge on any atom is 0.119 e. The Bertz CT molecular complexity index is 316. The lowest BCUT2D eigenvalue weighted by atomic mass is 10.3. The van der Waals surface area contributed by atoms with Gasteiger partial charge in [0.25, 0.3) is 0 Å². The van der Waals surface area contributed by atoms with Crippen LogP contribution in [0.15, 0.2) is 41.9 Å². The summed E-state index contributed by atoms with van der Waals surface area (Å²) in [4.78, 5) is 0. The number of para-hydroxylation sites is 1. The smallest absolute Gasteiger partial charge is 0.119 e. The predicted molar refractivity (Wildman–Crippen MR) is 65.8 cm³/mol. The molecule has 1 aromatic rings. The summed E-state index contributed by atoms with van der Waals surface area (Å²) in [6, 6.07) is 9.38.